The first-order valence-electron chi connectivity index (χ1n) is 8.71. The predicted octanol–water partition coefficient (Wildman–Crippen LogP) is 2.38. The van der Waals surface area contributed by atoms with Gasteiger partial charge in [0.1, 0.15) is 23.4 Å². The Balaban J connectivity index is 1.71. The smallest absolute Gasteiger partial charge is 0.137 e. The van der Waals surface area contributed by atoms with E-state index in [1.807, 2.05) is 36.0 Å². The molecule has 2 heterocycles. The second-order valence-corrected chi connectivity index (χ2v) is 6.66. The van der Waals surface area contributed by atoms with Gasteiger partial charge in [-0.15, -0.1) is 0 Å². The molecule has 0 aliphatic carbocycles. The molecule has 136 valence electrons. The summed E-state index contributed by atoms with van der Waals surface area (Å²) >= 11 is 0. The van der Waals surface area contributed by atoms with Gasteiger partial charge in [0.05, 0.1) is 14.2 Å². The molecular formula is C19H27N3O3. The van der Waals surface area contributed by atoms with Gasteiger partial charge in [-0.2, -0.15) is 0 Å². The summed E-state index contributed by atoms with van der Waals surface area (Å²) in [6.45, 7) is 2.64. The molecule has 0 saturated carbocycles. The first-order valence-corrected chi connectivity index (χ1v) is 8.71. The maximum absolute atomic E-state index is 10.7. The maximum atomic E-state index is 10.7. The molecule has 1 aliphatic rings. The van der Waals surface area contributed by atoms with Gasteiger partial charge in [0.25, 0.3) is 0 Å². The topological polar surface area (TPSA) is 59.8 Å². The number of piperidine rings is 1. The first kappa shape index (κ1) is 17.8. The molecule has 3 rings (SSSR count). The van der Waals surface area contributed by atoms with Gasteiger partial charge in [-0.05, 0) is 37.6 Å². The number of nitrogens with zero attached hydrogens (tertiary/aromatic N) is 3. The fourth-order valence-electron chi connectivity index (χ4n) is 3.61. The number of hydrogen-bond donors (Lipinski definition) is 1. The molecule has 0 radical (unpaired) electrons. The monoisotopic (exact) mass is 345 g/mol. The van der Waals surface area contributed by atoms with Gasteiger partial charge in [0.15, 0.2) is 0 Å². The number of aliphatic hydroxyl groups excluding tert-OH is 1. The van der Waals surface area contributed by atoms with Gasteiger partial charge in [-0.1, -0.05) is 0 Å². The molecule has 1 N–H and O–H groups in total. The Hall–Kier alpha value is -2.05. The number of ether oxygens (including phenoxy) is 2. The van der Waals surface area contributed by atoms with E-state index in [1.54, 1.807) is 20.4 Å². The van der Waals surface area contributed by atoms with Gasteiger partial charge in [0.2, 0.25) is 0 Å². The van der Waals surface area contributed by atoms with Crippen LogP contribution in [0.5, 0.6) is 11.5 Å². The summed E-state index contributed by atoms with van der Waals surface area (Å²) in [5.74, 6) is 2.63. The quantitative estimate of drug-likeness (QED) is 0.871. The molecule has 25 heavy (non-hydrogen) atoms. The average Bonchev–Trinajstić information content (AvgIpc) is 3.07. The molecule has 1 saturated heterocycles. The number of benzene rings is 1. The number of aliphatic hydroxyl groups is 1. The lowest BCUT2D eigenvalue weighted by Gasteiger charge is -2.35. The Morgan fingerprint density at radius 2 is 2.16 bits per heavy atom. The second kappa shape index (κ2) is 7.89. The summed E-state index contributed by atoms with van der Waals surface area (Å²) in [5, 5.41) is 10.7. The zero-order valence-corrected chi connectivity index (χ0v) is 15.2. The third-order valence-corrected chi connectivity index (χ3v) is 4.99. The van der Waals surface area contributed by atoms with E-state index in [1.165, 1.54) is 0 Å². The number of hydrogen-bond acceptors (Lipinski definition) is 5. The van der Waals surface area contributed by atoms with E-state index in [0.29, 0.717) is 0 Å². The summed E-state index contributed by atoms with van der Waals surface area (Å²) in [6.07, 6.45) is 5.16. The summed E-state index contributed by atoms with van der Waals surface area (Å²) in [7, 11) is 5.29. The van der Waals surface area contributed by atoms with Gasteiger partial charge in [-0.3, -0.25) is 4.90 Å². The van der Waals surface area contributed by atoms with Crippen LogP contribution in [0.25, 0.3) is 0 Å². The van der Waals surface area contributed by atoms with Crippen molar-refractivity contribution >= 4 is 0 Å². The third-order valence-electron chi connectivity index (χ3n) is 4.99. The minimum atomic E-state index is -0.532. The third kappa shape index (κ3) is 3.96. The molecule has 6 heteroatoms. The molecule has 1 aromatic carbocycles. The highest BCUT2D eigenvalue weighted by Gasteiger charge is 2.29. The van der Waals surface area contributed by atoms with Crippen LogP contribution in [-0.4, -0.2) is 46.9 Å². The normalized spacial score (nSPS) is 19.6. The second-order valence-electron chi connectivity index (χ2n) is 6.66. The summed E-state index contributed by atoms with van der Waals surface area (Å²) in [6, 6.07) is 5.88. The minimum Gasteiger partial charge on any atom is -0.497 e. The van der Waals surface area contributed by atoms with Crippen molar-refractivity contribution in [3.8, 4) is 11.5 Å². The predicted molar refractivity (Wildman–Crippen MR) is 95.7 cm³/mol. The van der Waals surface area contributed by atoms with Crippen LogP contribution in [0.2, 0.25) is 0 Å². The van der Waals surface area contributed by atoms with Gasteiger partial charge >= 0.3 is 0 Å². The average molecular weight is 345 g/mol. The Morgan fingerprint density at radius 1 is 1.32 bits per heavy atom. The van der Waals surface area contributed by atoms with Crippen molar-refractivity contribution in [3.63, 3.8) is 0 Å². The zero-order chi connectivity index (χ0) is 17.8. The molecule has 2 aromatic rings. The molecule has 6 nitrogen and oxygen atoms in total. The molecule has 1 fully saturated rings. The van der Waals surface area contributed by atoms with Crippen molar-refractivity contribution in [1.82, 2.24) is 14.5 Å². The molecule has 1 aliphatic heterocycles. The number of aromatic nitrogens is 2. The Labute approximate surface area is 149 Å². The summed E-state index contributed by atoms with van der Waals surface area (Å²) in [5.41, 5.74) is 1.11. The number of likely N-dealkylation sites (tertiary alicyclic amines) is 1. The fraction of sp³-hybridized carbons (Fsp3) is 0.526. The van der Waals surface area contributed by atoms with E-state index in [2.05, 4.69) is 9.88 Å². The number of methoxy groups -OCH3 is 2. The largest absolute Gasteiger partial charge is 0.497 e. The molecule has 0 spiro atoms. The highest BCUT2D eigenvalue weighted by Crippen LogP contribution is 2.31. The highest BCUT2D eigenvalue weighted by atomic mass is 16.5. The zero-order valence-electron chi connectivity index (χ0n) is 15.2. The van der Waals surface area contributed by atoms with Crippen LogP contribution in [0, 0.1) is 5.92 Å². The van der Waals surface area contributed by atoms with E-state index >= 15 is 0 Å². The SMILES string of the molecule is COc1ccc(OC)c(CN2CCCC(C(O)c3nccn3C)C2)c1. The van der Waals surface area contributed by atoms with Crippen LogP contribution in [0.3, 0.4) is 0 Å². The maximum Gasteiger partial charge on any atom is 0.137 e. The number of imidazole rings is 1. The van der Waals surface area contributed by atoms with Crippen molar-refractivity contribution in [1.29, 1.82) is 0 Å². The molecule has 1 aromatic heterocycles. The highest BCUT2D eigenvalue weighted by molar-refractivity contribution is 5.40. The van der Waals surface area contributed by atoms with E-state index in [0.717, 1.165) is 55.4 Å². The molecule has 0 bridgehead atoms. The molecule has 0 amide bonds. The van der Waals surface area contributed by atoms with Gasteiger partial charge < -0.3 is 19.1 Å². The van der Waals surface area contributed by atoms with Gasteiger partial charge in [-0.25, -0.2) is 4.98 Å². The first-order chi connectivity index (χ1) is 12.1. The lowest BCUT2D eigenvalue weighted by atomic mass is 9.91. The summed E-state index contributed by atoms with van der Waals surface area (Å²) in [4.78, 5) is 6.68. The minimum absolute atomic E-state index is 0.187. The van der Waals surface area contributed by atoms with E-state index in [4.69, 9.17) is 9.47 Å². The van der Waals surface area contributed by atoms with E-state index < -0.39 is 6.10 Å². The standard InChI is InChI=1S/C19H27N3O3/c1-21-10-8-20-19(21)18(23)14-5-4-9-22(12-14)13-15-11-16(24-2)6-7-17(15)25-3/h6-8,10-11,14,18,23H,4-5,9,12-13H2,1-3H3. The van der Waals surface area contributed by atoms with E-state index in [9.17, 15) is 5.11 Å². The Bertz CT molecular complexity index is 701. The number of rotatable bonds is 6. The Kier molecular flexibility index (Phi) is 5.60. The van der Waals surface area contributed by atoms with Crippen molar-refractivity contribution in [2.24, 2.45) is 13.0 Å². The van der Waals surface area contributed by atoms with Crippen LogP contribution in [0.15, 0.2) is 30.6 Å². The lowest BCUT2D eigenvalue weighted by Crippen LogP contribution is -2.38. The number of aryl methyl sites for hydroxylation is 1. The molecule has 2 atom stereocenters. The van der Waals surface area contributed by atoms with E-state index in [-0.39, 0.29) is 5.92 Å². The Morgan fingerprint density at radius 3 is 2.84 bits per heavy atom. The van der Waals surface area contributed by atoms with Crippen molar-refractivity contribution in [3.05, 3.63) is 42.0 Å². The van der Waals surface area contributed by atoms with Crippen molar-refractivity contribution < 1.29 is 14.6 Å². The van der Waals surface area contributed by atoms with Crippen LogP contribution < -0.4 is 9.47 Å². The van der Waals surface area contributed by atoms with Crippen LogP contribution in [0.1, 0.15) is 30.3 Å². The summed E-state index contributed by atoms with van der Waals surface area (Å²) < 4.78 is 12.7. The van der Waals surface area contributed by atoms with Crippen LogP contribution in [-0.2, 0) is 13.6 Å². The molecular weight excluding hydrogens is 318 g/mol. The fourth-order valence-corrected chi connectivity index (χ4v) is 3.61. The van der Waals surface area contributed by atoms with Gasteiger partial charge in [0, 0.05) is 44.0 Å². The van der Waals surface area contributed by atoms with Crippen LogP contribution in [0.4, 0.5) is 0 Å². The van der Waals surface area contributed by atoms with Crippen molar-refractivity contribution in [2.75, 3.05) is 27.3 Å². The van der Waals surface area contributed by atoms with Crippen molar-refractivity contribution in [2.45, 2.75) is 25.5 Å². The molecule has 2 unspecified atom stereocenters. The van der Waals surface area contributed by atoms with Crippen LogP contribution >= 0.6 is 0 Å². The lowest BCUT2D eigenvalue weighted by molar-refractivity contribution is 0.0402.